The second-order valence-electron chi connectivity index (χ2n) is 2.39. The lowest BCUT2D eigenvalue weighted by Gasteiger charge is -2.18. The first kappa shape index (κ1) is 6.75. The Bertz CT molecular complexity index is 120. The fourth-order valence-electron chi connectivity index (χ4n) is 1.13. The minimum Gasteiger partial charge on any atom is -0.376 e. The van der Waals surface area contributed by atoms with Gasteiger partial charge in [0, 0.05) is 19.4 Å². The van der Waals surface area contributed by atoms with Crippen LogP contribution in [-0.2, 0) is 4.74 Å². The van der Waals surface area contributed by atoms with Gasteiger partial charge in [-0.1, -0.05) is 0 Å². The molecule has 0 aromatic carbocycles. The lowest BCUT2D eigenvalue weighted by atomic mass is 10.1. The van der Waals surface area contributed by atoms with E-state index in [1.54, 1.807) is 7.11 Å². The van der Waals surface area contributed by atoms with Crippen molar-refractivity contribution in [2.45, 2.75) is 25.9 Å². The Morgan fingerprint density at radius 2 is 2.44 bits per heavy atom. The Morgan fingerprint density at radius 1 is 1.67 bits per heavy atom. The van der Waals surface area contributed by atoms with Crippen molar-refractivity contribution >= 4 is 5.71 Å². The summed E-state index contributed by atoms with van der Waals surface area (Å²) < 4.78 is 5.17. The fourth-order valence-corrected chi connectivity index (χ4v) is 1.13. The third-order valence-corrected chi connectivity index (χ3v) is 1.74. The van der Waals surface area contributed by atoms with Crippen molar-refractivity contribution in [3.05, 3.63) is 0 Å². The van der Waals surface area contributed by atoms with Crippen LogP contribution in [0.2, 0.25) is 0 Å². The van der Waals surface area contributed by atoms with Gasteiger partial charge in [0.05, 0.1) is 6.10 Å². The van der Waals surface area contributed by atoms with Crippen LogP contribution in [0, 0.1) is 0 Å². The van der Waals surface area contributed by atoms with Crippen molar-refractivity contribution in [1.82, 2.24) is 0 Å². The van der Waals surface area contributed by atoms with E-state index in [2.05, 4.69) is 4.99 Å². The SMILES string of the molecule is COC1CCCN=C1C. The topological polar surface area (TPSA) is 21.6 Å². The zero-order chi connectivity index (χ0) is 6.69. The first-order valence-electron chi connectivity index (χ1n) is 3.38. The van der Waals surface area contributed by atoms with E-state index in [1.807, 2.05) is 6.92 Å². The second-order valence-corrected chi connectivity index (χ2v) is 2.39. The number of aliphatic imine (C=N–C) groups is 1. The predicted octanol–water partition coefficient (Wildman–Crippen LogP) is 1.26. The van der Waals surface area contributed by atoms with Gasteiger partial charge in [0.25, 0.3) is 0 Å². The zero-order valence-corrected chi connectivity index (χ0v) is 6.05. The molecule has 1 heterocycles. The van der Waals surface area contributed by atoms with Gasteiger partial charge in [-0.2, -0.15) is 0 Å². The van der Waals surface area contributed by atoms with Crippen LogP contribution in [0.4, 0.5) is 0 Å². The molecule has 2 heteroatoms. The summed E-state index contributed by atoms with van der Waals surface area (Å²) >= 11 is 0. The maximum atomic E-state index is 5.17. The molecule has 1 aliphatic rings. The Hall–Kier alpha value is -0.370. The Labute approximate surface area is 55.9 Å². The second kappa shape index (κ2) is 2.97. The minimum absolute atomic E-state index is 0.304. The zero-order valence-electron chi connectivity index (χ0n) is 6.05. The van der Waals surface area contributed by atoms with Crippen molar-refractivity contribution in [2.75, 3.05) is 13.7 Å². The molecule has 0 aromatic rings. The van der Waals surface area contributed by atoms with Gasteiger partial charge in [0.15, 0.2) is 0 Å². The maximum absolute atomic E-state index is 5.17. The molecule has 9 heavy (non-hydrogen) atoms. The highest BCUT2D eigenvalue weighted by atomic mass is 16.5. The number of rotatable bonds is 1. The summed E-state index contributed by atoms with van der Waals surface area (Å²) in [7, 11) is 1.75. The van der Waals surface area contributed by atoms with Crippen LogP contribution in [0.5, 0.6) is 0 Å². The quantitative estimate of drug-likeness (QED) is 0.519. The third-order valence-electron chi connectivity index (χ3n) is 1.74. The van der Waals surface area contributed by atoms with E-state index in [0.29, 0.717) is 6.10 Å². The molecular weight excluding hydrogens is 114 g/mol. The Kier molecular flexibility index (Phi) is 2.22. The molecule has 1 atom stereocenters. The van der Waals surface area contributed by atoms with Crippen LogP contribution in [0.25, 0.3) is 0 Å². The Balaban J connectivity index is 2.50. The molecule has 0 spiro atoms. The van der Waals surface area contributed by atoms with Crippen molar-refractivity contribution in [3.63, 3.8) is 0 Å². The summed E-state index contributed by atoms with van der Waals surface area (Å²) in [4.78, 5) is 4.27. The molecule has 0 aliphatic carbocycles. The minimum atomic E-state index is 0.304. The smallest absolute Gasteiger partial charge is 0.0945 e. The first-order valence-corrected chi connectivity index (χ1v) is 3.38. The summed E-state index contributed by atoms with van der Waals surface area (Å²) in [5.74, 6) is 0. The molecule has 0 saturated carbocycles. The number of hydrogen-bond acceptors (Lipinski definition) is 2. The average Bonchev–Trinajstić information content (AvgIpc) is 1.89. The Morgan fingerprint density at radius 3 is 2.89 bits per heavy atom. The molecule has 1 aliphatic heterocycles. The van der Waals surface area contributed by atoms with Crippen molar-refractivity contribution < 1.29 is 4.74 Å². The van der Waals surface area contributed by atoms with Crippen molar-refractivity contribution in [1.29, 1.82) is 0 Å². The monoisotopic (exact) mass is 127 g/mol. The highest BCUT2D eigenvalue weighted by Crippen LogP contribution is 2.09. The lowest BCUT2D eigenvalue weighted by molar-refractivity contribution is 0.142. The average molecular weight is 127 g/mol. The molecule has 0 amide bonds. The molecule has 0 saturated heterocycles. The van der Waals surface area contributed by atoms with Gasteiger partial charge in [-0.3, -0.25) is 4.99 Å². The summed E-state index contributed by atoms with van der Waals surface area (Å²) in [6.45, 7) is 3.03. The van der Waals surface area contributed by atoms with Gasteiger partial charge in [-0.05, 0) is 19.8 Å². The normalized spacial score (nSPS) is 27.8. The lowest BCUT2D eigenvalue weighted by Crippen LogP contribution is -2.24. The van der Waals surface area contributed by atoms with Gasteiger partial charge in [-0.15, -0.1) is 0 Å². The van der Waals surface area contributed by atoms with Crippen molar-refractivity contribution in [3.8, 4) is 0 Å². The molecule has 0 fully saturated rings. The van der Waals surface area contributed by atoms with E-state index in [9.17, 15) is 0 Å². The third kappa shape index (κ3) is 1.52. The standard InChI is InChI=1S/C7H13NO/c1-6-7(9-2)4-3-5-8-6/h7H,3-5H2,1-2H3. The molecule has 1 unspecified atom stereocenters. The van der Waals surface area contributed by atoms with Crippen LogP contribution < -0.4 is 0 Å². The van der Waals surface area contributed by atoms with Gasteiger partial charge in [0.1, 0.15) is 0 Å². The number of methoxy groups -OCH3 is 1. The summed E-state index contributed by atoms with van der Waals surface area (Å²) in [5, 5.41) is 0. The first-order chi connectivity index (χ1) is 4.34. The van der Waals surface area contributed by atoms with Crippen molar-refractivity contribution in [2.24, 2.45) is 4.99 Å². The van der Waals surface area contributed by atoms with Crippen LogP contribution in [-0.4, -0.2) is 25.5 Å². The molecule has 1 rings (SSSR count). The van der Waals surface area contributed by atoms with Crippen LogP contribution in [0.1, 0.15) is 19.8 Å². The predicted molar refractivity (Wildman–Crippen MR) is 38.0 cm³/mol. The van der Waals surface area contributed by atoms with E-state index in [1.165, 1.54) is 6.42 Å². The summed E-state index contributed by atoms with van der Waals surface area (Å²) in [6, 6.07) is 0. The molecule has 0 N–H and O–H groups in total. The number of hydrogen-bond donors (Lipinski definition) is 0. The van der Waals surface area contributed by atoms with Crippen LogP contribution in [0.15, 0.2) is 4.99 Å². The van der Waals surface area contributed by atoms with Crippen LogP contribution >= 0.6 is 0 Å². The molecule has 0 aromatic heterocycles. The molecular formula is C7H13NO. The number of nitrogens with zero attached hydrogens (tertiary/aromatic N) is 1. The largest absolute Gasteiger partial charge is 0.376 e. The maximum Gasteiger partial charge on any atom is 0.0945 e. The summed E-state index contributed by atoms with van der Waals surface area (Å²) in [6.07, 6.45) is 2.63. The van der Waals surface area contributed by atoms with E-state index < -0.39 is 0 Å². The van der Waals surface area contributed by atoms with Crippen LogP contribution in [0.3, 0.4) is 0 Å². The summed E-state index contributed by atoms with van der Waals surface area (Å²) in [5.41, 5.74) is 1.16. The van der Waals surface area contributed by atoms with E-state index in [-0.39, 0.29) is 0 Å². The van der Waals surface area contributed by atoms with Gasteiger partial charge < -0.3 is 4.74 Å². The van der Waals surface area contributed by atoms with E-state index in [4.69, 9.17) is 4.74 Å². The fraction of sp³-hybridized carbons (Fsp3) is 0.857. The molecule has 2 nitrogen and oxygen atoms in total. The van der Waals surface area contributed by atoms with E-state index >= 15 is 0 Å². The van der Waals surface area contributed by atoms with Gasteiger partial charge >= 0.3 is 0 Å². The highest BCUT2D eigenvalue weighted by Gasteiger charge is 2.13. The molecule has 52 valence electrons. The van der Waals surface area contributed by atoms with Gasteiger partial charge in [-0.25, -0.2) is 0 Å². The molecule has 0 bridgehead atoms. The number of ether oxygens (including phenoxy) is 1. The van der Waals surface area contributed by atoms with Gasteiger partial charge in [0.2, 0.25) is 0 Å². The highest BCUT2D eigenvalue weighted by molar-refractivity contribution is 5.86. The molecule has 0 radical (unpaired) electrons. The van der Waals surface area contributed by atoms with E-state index in [0.717, 1.165) is 18.7 Å².